The maximum Gasteiger partial charge on any atom is 0.265 e. The van der Waals surface area contributed by atoms with Crippen LogP contribution in [0.25, 0.3) is 16.6 Å². The second-order valence-corrected chi connectivity index (χ2v) is 8.02. The molecule has 2 aliphatic rings. The Balaban J connectivity index is 1.57. The molecule has 0 bridgehead atoms. The van der Waals surface area contributed by atoms with Crippen LogP contribution in [0.2, 0.25) is 0 Å². The number of aliphatic hydroxyl groups is 1. The van der Waals surface area contributed by atoms with Crippen molar-refractivity contribution in [1.82, 2.24) is 14.7 Å². The van der Waals surface area contributed by atoms with Gasteiger partial charge in [-0.3, -0.25) is 14.0 Å². The number of aromatic nitrogens is 2. The van der Waals surface area contributed by atoms with Crippen LogP contribution in [0.1, 0.15) is 60.4 Å². The monoisotopic (exact) mass is 377 g/mol. The average molecular weight is 377 g/mol. The van der Waals surface area contributed by atoms with E-state index in [9.17, 15) is 14.7 Å². The van der Waals surface area contributed by atoms with E-state index in [1.54, 1.807) is 18.3 Å². The maximum atomic E-state index is 13.1. The van der Waals surface area contributed by atoms with Gasteiger partial charge in [-0.2, -0.15) is 0 Å². The van der Waals surface area contributed by atoms with Crippen molar-refractivity contribution in [1.29, 1.82) is 0 Å². The molecular formula is C22H23N3O3. The summed E-state index contributed by atoms with van der Waals surface area (Å²) in [7, 11) is 0. The van der Waals surface area contributed by atoms with Gasteiger partial charge in [0.2, 0.25) is 0 Å². The van der Waals surface area contributed by atoms with Crippen LogP contribution in [0.4, 0.5) is 0 Å². The predicted octanol–water partition coefficient (Wildman–Crippen LogP) is 2.76. The Morgan fingerprint density at radius 1 is 1.14 bits per heavy atom. The molecule has 2 aromatic heterocycles. The van der Waals surface area contributed by atoms with Crippen LogP contribution in [0, 0.1) is 0 Å². The Morgan fingerprint density at radius 3 is 2.75 bits per heavy atom. The number of aliphatic hydroxyl groups excluding tert-OH is 1. The lowest BCUT2D eigenvalue weighted by molar-refractivity contribution is 0.0718. The second-order valence-electron chi connectivity index (χ2n) is 8.02. The van der Waals surface area contributed by atoms with Gasteiger partial charge in [0.15, 0.2) is 5.65 Å². The number of fused-ring (bicyclic) bond motifs is 2. The van der Waals surface area contributed by atoms with Crippen molar-refractivity contribution < 1.29 is 9.90 Å². The number of carbonyl (C=O) groups excluding carboxylic acids is 1. The minimum atomic E-state index is -0.523. The molecule has 0 spiro atoms. The highest BCUT2D eigenvalue weighted by molar-refractivity contribution is 6.00. The van der Waals surface area contributed by atoms with Gasteiger partial charge in [0.25, 0.3) is 11.5 Å². The number of pyridine rings is 1. The van der Waals surface area contributed by atoms with Crippen molar-refractivity contribution in [2.24, 2.45) is 0 Å². The number of nitrogens with one attached hydrogen (secondary N) is 1. The third-order valence-electron chi connectivity index (χ3n) is 6.00. The molecule has 6 heteroatoms. The van der Waals surface area contributed by atoms with Gasteiger partial charge in [0, 0.05) is 6.20 Å². The lowest BCUT2D eigenvalue weighted by atomic mass is 9.92. The highest BCUT2D eigenvalue weighted by atomic mass is 16.3. The molecule has 6 nitrogen and oxygen atoms in total. The van der Waals surface area contributed by atoms with E-state index < -0.39 is 6.10 Å². The molecule has 2 saturated carbocycles. The first kappa shape index (κ1) is 17.4. The number of rotatable bonds is 3. The minimum Gasteiger partial charge on any atom is -0.391 e. The lowest BCUT2D eigenvalue weighted by Crippen LogP contribution is -2.45. The minimum absolute atomic E-state index is 0.158. The largest absolute Gasteiger partial charge is 0.391 e. The summed E-state index contributed by atoms with van der Waals surface area (Å²) < 4.78 is 1.45. The van der Waals surface area contributed by atoms with E-state index in [2.05, 4.69) is 10.3 Å². The fourth-order valence-electron chi connectivity index (χ4n) is 4.22. The quantitative estimate of drug-likeness (QED) is 0.688. The predicted molar refractivity (Wildman–Crippen MR) is 107 cm³/mol. The normalized spacial score (nSPS) is 22.5. The molecule has 1 amide bonds. The number of amides is 1. The standard InChI is InChI=1S/C22H23N3O3/c26-19-6-2-1-5-18(19)24-21(27)15-4-3-11-25-20(15)23-17-10-9-14(13-7-8-13)12-16(17)22(25)28/h3-4,9-13,18-19,26H,1-2,5-8H2,(H,24,27). The van der Waals surface area contributed by atoms with Gasteiger partial charge in [-0.15, -0.1) is 0 Å². The van der Waals surface area contributed by atoms with Gasteiger partial charge in [-0.05, 0) is 61.4 Å². The highest BCUT2D eigenvalue weighted by Crippen LogP contribution is 2.40. The van der Waals surface area contributed by atoms with E-state index in [0.717, 1.165) is 19.3 Å². The van der Waals surface area contributed by atoms with E-state index in [1.165, 1.54) is 22.8 Å². The molecule has 0 radical (unpaired) electrons. The van der Waals surface area contributed by atoms with Crippen molar-refractivity contribution in [2.75, 3.05) is 0 Å². The smallest absolute Gasteiger partial charge is 0.265 e. The molecule has 144 valence electrons. The van der Waals surface area contributed by atoms with Crippen molar-refractivity contribution in [3.63, 3.8) is 0 Å². The zero-order valence-corrected chi connectivity index (χ0v) is 15.6. The van der Waals surface area contributed by atoms with Crippen LogP contribution in [-0.4, -0.2) is 32.5 Å². The number of benzene rings is 1. The molecule has 2 aliphatic carbocycles. The summed E-state index contributed by atoms with van der Waals surface area (Å²) >= 11 is 0. The number of carbonyl (C=O) groups is 1. The van der Waals surface area contributed by atoms with E-state index in [4.69, 9.17) is 0 Å². The molecular weight excluding hydrogens is 354 g/mol. The van der Waals surface area contributed by atoms with Crippen LogP contribution in [0.3, 0.4) is 0 Å². The third-order valence-corrected chi connectivity index (χ3v) is 6.00. The summed E-state index contributed by atoms with van der Waals surface area (Å²) in [5, 5.41) is 13.7. The van der Waals surface area contributed by atoms with Crippen LogP contribution in [-0.2, 0) is 0 Å². The summed E-state index contributed by atoms with van der Waals surface area (Å²) in [5.74, 6) is 0.258. The van der Waals surface area contributed by atoms with Gasteiger partial charge in [0.1, 0.15) is 0 Å². The molecule has 2 unspecified atom stereocenters. The Morgan fingerprint density at radius 2 is 1.96 bits per heavy atom. The van der Waals surface area contributed by atoms with Gasteiger partial charge < -0.3 is 10.4 Å². The Kier molecular flexibility index (Phi) is 4.16. The Labute approximate surface area is 162 Å². The SMILES string of the molecule is O=C(NC1CCCCC1O)c1cccn2c(=O)c3cc(C4CC4)ccc3nc12. The van der Waals surface area contributed by atoms with Crippen molar-refractivity contribution >= 4 is 22.5 Å². The van der Waals surface area contributed by atoms with Gasteiger partial charge in [0.05, 0.1) is 28.6 Å². The van der Waals surface area contributed by atoms with Crippen LogP contribution < -0.4 is 10.9 Å². The first-order valence-corrected chi connectivity index (χ1v) is 10.1. The molecule has 2 atom stereocenters. The molecule has 2 fully saturated rings. The number of nitrogens with zero attached hydrogens (tertiary/aromatic N) is 2. The van der Waals surface area contributed by atoms with E-state index >= 15 is 0 Å². The molecule has 2 N–H and O–H groups in total. The van der Waals surface area contributed by atoms with Crippen LogP contribution >= 0.6 is 0 Å². The second kappa shape index (κ2) is 6.71. The molecule has 0 aliphatic heterocycles. The van der Waals surface area contributed by atoms with Gasteiger partial charge >= 0.3 is 0 Å². The van der Waals surface area contributed by atoms with Crippen LogP contribution in [0.5, 0.6) is 0 Å². The molecule has 0 saturated heterocycles. The first-order chi connectivity index (χ1) is 13.6. The zero-order chi connectivity index (χ0) is 19.3. The third kappa shape index (κ3) is 2.98. The van der Waals surface area contributed by atoms with Gasteiger partial charge in [-0.1, -0.05) is 18.9 Å². The molecule has 3 aromatic rings. The average Bonchev–Trinajstić information content (AvgIpc) is 3.55. The van der Waals surface area contributed by atoms with Crippen molar-refractivity contribution in [2.45, 2.75) is 56.6 Å². The van der Waals surface area contributed by atoms with E-state index in [0.29, 0.717) is 34.5 Å². The van der Waals surface area contributed by atoms with E-state index in [-0.39, 0.29) is 17.5 Å². The summed E-state index contributed by atoms with van der Waals surface area (Å²) in [6.45, 7) is 0. The van der Waals surface area contributed by atoms with Crippen molar-refractivity contribution in [3.8, 4) is 0 Å². The van der Waals surface area contributed by atoms with Crippen LogP contribution in [0.15, 0.2) is 41.3 Å². The summed E-state index contributed by atoms with van der Waals surface area (Å²) in [4.78, 5) is 30.6. The molecule has 1 aromatic carbocycles. The molecule has 28 heavy (non-hydrogen) atoms. The molecule has 2 heterocycles. The zero-order valence-electron chi connectivity index (χ0n) is 15.6. The Hall–Kier alpha value is -2.73. The van der Waals surface area contributed by atoms with Crippen molar-refractivity contribution in [3.05, 3.63) is 58.0 Å². The number of hydrogen-bond acceptors (Lipinski definition) is 4. The van der Waals surface area contributed by atoms with Gasteiger partial charge in [-0.25, -0.2) is 4.98 Å². The fourth-order valence-corrected chi connectivity index (χ4v) is 4.22. The topological polar surface area (TPSA) is 83.7 Å². The maximum absolute atomic E-state index is 13.1. The summed E-state index contributed by atoms with van der Waals surface area (Å²) in [5.41, 5.74) is 2.33. The summed E-state index contributed by atoms with van der Waals surface area (Å²) in [6.07, 6.45) is 6.90. The Bertz CT molecular complexity index is 1130. The number of hydrogen-bond donors (Lipinski definition) is 2. The fraction of sp³-hybridized carbons (Fsp3) is 0.409. The highest BCUT2D eigenvalue weighted by Gasteiger charge is 2.26. The lowest BCUT2D eigenvalue weighted by Gasteiger charge is -2.28. The summed E-state index contributed by atoms with van der Waals surface area (Å²) in [6, 6.07) is 8.97. The first-order valence-electron chi connectivity index (χ1n) is 10.1. The molecule has 5 rings (SSSR count). The van der Waals surface area contributed by atoms with E-state index in [1.807, 2.05) is 18.2 Å².